The molecule has 0 fully saturated rings. The van der Waals surface area contributed by atoms with Gasteiger partial charge in [-0.2, -0.15) is 0 Å². The Bertz CT molecular complexity index is 953. The van der Waals surface area contributed by atoms with E-state index in [2.05, 4.69) is 60.1 Å². The molecule has 0 aliphatic rings. The molecule has 0 spiro atoms. The number of ether oxygens (including phenoxy) is 2. The average molecular weight is 540 g/mol. The zero-order valence-corrected chi connectivity index (χ0v) is 22.0. The van der Waals surface area contributed by atoms with E-state index < -0.39 is 25.4 Å². The van der Waals surface area contributed by atoms with E-state index in [1.54, 1.807) is 0 Å². The first-order valence-electron chi connectivity index (χ1n) is 10.4. The fraction of sp³-hybridized carbons (Fsp3) is 0.455. The lowest BCUT2D eigenvalue weighted by molar-refractivity contribution is -0.385. The second-order valence-electron chi connectivity index (χ2n) is 9.02. The van der Waals surface area contributed by atoms with Gasteiger partial charge in [0.25, 0.3) is 5.69 Å². The highest BCUT2D eigenvalue weighted by Gasteiger charge is 2.37. The number of pyridine rings is 1. The summed E-state index contributed by atoms with van der Waals surface area (Å²) in [6.45, 7) is 11.0. The molecule has 11 heteroatoms. The second kappa shape index (κ2) is 11.6. The summed E-state index contributed by atoms with van der Waals surface area (Å²) in [5.74, 6) is 0.178. The van der Waals surface area contributed by atoms with E-state index in [4.69, 9.17) is 13.9 Å². The molecule has 0 unspecified atom stereocenters. The fourth-order valence-electron chi connectivity index (χ4n) is 2.39. The number of rotatable bonds is 10. The summed E-state index contributed by atoms with van der Waals surface area (Å²) in [6, 6.07) is 10.2. The van der Waals surface area contributed by atoms with Gasteiger partial charge in [-0.1, -0.05) is 51.1 Å². The first-order chi connectivity index (χ1) is 15.4. The molecule has 0 aliphatic carbocycles. The van der Waals surface area contributed by atoms with Crippen molar-refractivity contribution in [2.24, 2.45) is 0 Å². The molecule has 1 aromatic heterocycles. The zero-order chi connectivity index (χ0) is 24.6. The number of hydrogen-bond donors (Lipinski definition) is 1. The Kier molecular flexibility index (Phi) is 9.38. The fourth-order valence-corrected chi connectivity index (χ4v) is 3.89. The molecule has 180 valence electrons. The van der Waals surface area contributed by atoms with Gasteiger partial charge in [0.1, 0.15) is 19.4 Å². The van der Waals surface area contributed by atoms with E-state index in [-0.39, 0.29) is 36.4 Å². The van der Waals surface area contributed by atoms with Crippen molar-refractivity contribution < 1.29 is 23.6 Å². The second-order valence-corrected chi connectivity index (χ2v) is 14.7. The minimum atomic E-state index is -2.08. The zero-order valence-electron chi connectivity index (χ0n) is 19.5. The monoisotopic (exact) mass is 539 g/mol. The van der Waals surface area contributed by atoms with Gasteiger partial charge in [-0.15, -0.1) is 0 Å². The number of nitrogens with zero attached hydrogens (tertiary/aromatic N) is 2. The number of nitro groups is 1. The highest BCUT2D eigenvalue weighted by molar-refractivity contribution is 9.10. The third kappa shape index (κ3) is 8.41. The van der Waals surface area contributed by atoms with Crippen molar-refractivity contribution in [3.63, 3.8) is 0 Å². The summed E-state index contributed by atoms with van der Waals surface area (Å²) in [5, 5.41) is 13.7. The molecule has 33 heavy (non-hydrogen) atoms. The highest BCUT2D eigenvalue weighted by atomic mass is 79.9. The third-order valence-electron chi connectivity index (χ3n) is 5.41. The smallest absolute Gasteiger partial charge is 0.407 e. The van der Waals surface area contributed by atoms with Crippen LogP contribution >= 0.6 is 15.9 Å². The van der Waals surface area contributed by atoms with Gasteiger partial charge in [-0.05, 0) is 39.6 Å². The van der Waals surface area contributed by atoms with Gasteiger partial charge in [0.05, 0.1) is 22.0 Å². The van der Waals surface area contributed by atoms with Gasteiger partial charge in [0.15, 0.2) is 8.32 Å². The number of amides is 1. The third-order valence-corrected chi connectivity index (χ3v) is 10.5. The van der Waals surface area contributed by atoms with Crippen LogP contribution in [0.5, 0.6) is 5.88 Å². The van der Waals surface area contributed by atoms with Gasteiger partial charge < -0.3 is 19.2 Å². The van der Waals surface area contributed by atoms with E-state index in [0.717, 1.165) is 11.8 Å². The molecule has 0 aliphatic heterocycles. The number of hydrogen-bond acceptors (Lipinski definition) is 7. The molecular formula is C22H30BrN3O6Si. The number of halogens is 1. The van der Waals surface area contributed by atoms with Crippen LogP contribution in [0.1, 0.15) is 26.3 Å². The maximum absolute atomic E-state index is 12.4. The van der Waals surface area contributed by atoms with Crippen molar-refractivity contribution in [3.05, 3.63) is 62.7 Å². The van der Waals surface area contributed by atoms with E-state index >= 15 is 0 Å². The minimum absolute atomic E-state index is 0.00479. The number of aromatic nitrogens is 1. The SMILES string of the molecule is CC(C)(C)[Si](C)(C)OC[C@@H](COc1ncc([N+](=O)[O-])cc1Br)NC(=O)OCc1ccccc1. The van der Waals surface area contributed by atoms with Gasteiger partial charge in [0.2, 0.25) is 5.88 Å². The van der Waals surface area contributed by atoms with Crippen molar-refractivity contribution in [3.8, 4) is 5.88 Å². The molecule has 1 N–H and O–H groups in total. The lowest BCUT2D eigenvalue weighted by Crippen LogP contribution is -2.48. The average Bonchev–Trinajstić information content (AvgIpc) is 2.74. The Morgan fingerprint density at radius 2 is 1.91 bits per heavy atom. The molecule has 1 heterocycles. The summed E-state index contributed by atoms with van der Waals surface area (Å²) < 4.78 is 17.7. The van der Waals surface area contributed by atoms with Gasteiger partial charge >= 0.3 is 6.09 Å². The number of alkyl carbamates (subject to hydrolysis) is 1. The Labute approximate surface area is 203 Å². The van der Waals surface area contributed by atoms with Gasteiger partial charge in [0, 0.05) is 6.07 Å². The molecule has 0 saturated heterocycles. The van der Waals surface area contributed by atoms with Crippen LogP contribution in [0, 0.1) is 10.1 Å². The van der Waals surface area contributed by atoms with Crippen molar-refractivity contribution in [2.75, 3.05) is 13.2 Å². The molecule has 1 amide bonds. The first-order valence-corrected chi connectivity index (χ1v) is 14.1. The Hall–Kier alpha value is -2.50. The van der Waals surface area contributed by atoms with Crippen LogP contribution in [0.2, 0.25) is 18.1 Å². The van der Waals surface area contributed by atoms with Crippen molar-refractivity contribution in [1.29, 1.82) is 0 Å². The number of carbonyl (C=O) groups is 1. The molecule has 0 radical (unpaired) electrons. The molecule has 0 bridgehead atoms. The van der Waals surface area contributed by atoms with Crippen LogP contribution in [-0.2, 0) is 15.8 Å². The minimum Gasteiger partial charge on any atom is -0.475 e. The summed E-state index contributed by atoms with van der Waals surface area (Å²) in [4.78, 5) is 26.8. The lowest BCUT2D eigenvalue weighted by Gasteiger charge is -2.37. The molecule has 1 aromatic carbocycles. The van der Waals surface area contributed by atoms with E-state index in [0.29, 0.717) is 4.47 Å². The lowest BCUT2D eigenvalue weighted by atomic mass is 10.2. The summed E-state index contributed by atoms with van der Waals surface area (Å²) in [6.07, 6.45) is 0.519. The van der Waals surface area contributed by atoms with Crippen LogP contribution < -0.4 is 10.1 Å². The molecule has 2 aromatic rings. The summed E-state index contributed by atoms with van der Waals surface area (Å²) in [5.41, 5.74) is 0.714. The van der Waals surface area contributed by atoms with Crippen molar-refractivity contribution >= 4 is 36.0 Å². The first kappa shape index (κ1) is 26.7. The standard InChI is InChI=1S/C22H30BrN3O6Si/c1-22(2,3)33(4,5)32-15-17(25-21(27)31-13-16-9-7-6-8-10-16)14-30-20-19(23)11-18(12-24-20)26(28)29/h6-12,17H,13-15H2,1-5H3,(H,25,27)/t17-/m1/s1. The number of nitrogens with one attached hydrogen (secondary N) is 1. The van der Waals surface area contributed by atoms with Gasteiger partial charge in [-0.25, -0.2) is 9.78 Å². The molecule has 9 nitrogen and oxygen atoms in total. The highest BCUT2D eigenvalue weighted by Crippen LogP contribution is 2.36. The predicted octanol–water partition coefficient (Wildman–Crippen LogP) is 5.45. The van der Waals surface area contributed by atoms with Crippen molar-refractivity contribution in [1.82, 2.24) is 10.3 Å². The largest absolute Gasteiger partial charge is 0.475 e. The summed E-state index contributed by atoms with van der Waals surface area (Å²) in [7, 11) is -2.08. The summed E-state index contributed by atoms with van der Waals surface area (Å²) >= 11 is 3.24. The van der Waals surface area contributed by atoms with Crippen LogP contribution in [-0.4, -0.2) is 43.6 Å². The maximum atomic E-state index is 12.4. The molecule has 1 atom stereocenters. The predicted molar refractivity (Wildman–Crippen MR) is 131 cm³/mol. The van der Waals surface area contributed by atoms with Crippen LogP contribution in [0.4, 0.5) is 10.5 Å². The van der Waals surface area contributed by atoms with Crippen LogP contribution in [0.25, 0.3) is 0 Å². The Balaban J connectivity index is 2.04. The quantitative estimate of drug-likeness (QED) is 0.242. The normalized spacial score (nSPS) is 12.7. The molecular weight excluding hydrogens is 510 g/mol. The molecule has 2 rings (SSSR count). The number of carbonyl (C=O) groups excluding carboxylic acids is 1. The van der Waals surface area contributed by atoms with Crippen LogP contribution in [0.15, 0.2) is 47.1 Å². The molecule has 0 saturated carbocycles. The van der Waals surface area contributed by atoms with E-state index in [9.17, 15) is 14.9 Å². The number of benzene rings is 1. The van der Waals surface area contributed by atoms with Crippen molar-refractivity contribution in [2.45, 2.75) is 51.6 Å². The Morgan fingerprint density at radius 3 is 2.48 bits per heavy atom. The topological polar surface area (TPSA) is 113 Å². The van der Waals surface area contributed by atoms with Crippen LogP contribution in [0.3, 0.4) is 0 Å². The maximum Gasteiger partial charge on any atom is 0.407 e. The van der Waals surface area contributed by atoms with E-state index in [1.807, 2.05) is 30.3 Å². The Morgan fingerprint density at radius 1 is 1.24 bits per heavy atom. The van der Waals surface area contributed by atoms with E-state index in [1.165, 1.54) is 6.07 Å². The van der Waals surface area contributed by atoms with Gasteiger partial charge in [-0.3, -0.25) is 10.1 Å².